The molecule has 1 aromatic rings. The number of aliphatic hydroxyl groups is 1. The van der Waals surface area contributed by atoms with Gasteiger partial charge in [0.05, 0.1) is 13.2 Å². The highest BCUT2D eigenvalue weighted by Crippen LogP contribution is 2.27. The molecule has 4 atom stereocenters. The van der Waals surface area contributed by atoms with Crippen LogP contribution in [0.5, 0.6) is 5.75 Å². The first-order valence-corrected chi connectivity index (χ1v) is 11.6. The Morgan fingerprint density at radius 2 is 1.66 bits per heavy atom. The summed E-state index contributed by atoms with van der Waals surface area (Å²) in [6.07, 6.45) is -6.89. The van der Waals surface area contributed by atoms with Crippen molar-refractivity contribution < 1.29 is 37.4 Å². The maximum absolute atomic E-state index is 13.4. The molecule has 196 valence electrons. The number of aliphatic hydroxyl groups excluding tert-OH is 1. The van der Waals surface area contributed by atoms with Gasteiger partial charge < -0.3 is 25.4 Å². The van der Waals surface area contributed by atoms with Gasteiger partial charge in [0.15, 0.2) is 6.10 Å². The molecule has 1 fully saturated rings. The van der Waals surface area contributed by atoms with Crippen LogP contribution in [0.4, 0.5) is 13.2 Å². The topological polar surface area (TPSA) is 108 Å². The zero-order chi connectivity index (χ0) is 26.5. The van der Waals surface area contributed by atoms with Crippen molar-refractivity contribution in [3.05, 3.63) is 29.8 Å². The number of halogens is 3. The van der Waals surface area contributed by atoms with E-state index in [2.05, 4.69) is 10.6 Å². The van der Waals surface area contributed by atoms with E-state index in [9.17, 15) is 32.7 Å². The van der Waals surface area contributed by atoms with E-state index in [1.807, 2.05) is 0 Å². The molecule has 35 heavy (non-hydrogen) atoms. The lowest BCUT2D eigenvalue weighted by Gasteiger charge is -2.33. The van der Waals surface area contributed by atoms with E-state index in [1.54, 1.807) is 38.1 Å². The average molecular weight is 502 g/mol. The highest BCUT2D eigenvalue weighted by atomic mass is 19.4. The standard InChI is InChI=1S/C24H34F3N3O5/c1-13(2)18(20(31)24(25,26)27)28-22(33)17-7-6-12-30(17)23(34)19(14(3)4)29-21(32)15-8-10-16(35-5)11-9-15/h8-11,13-14,17-20,31H,6-7,12H2,1-5H3,(H,28,33)(H,29,32)/t17-,18?,19?,20+/m0/s1. The molecule has 1 aromatic carbocycles. The van der Waals surface area contributed by atoms with Gasteiger partial charge in [-0.2, -0.15) is 13.2 Å². The Bertz CT molecular complexity index is 889. The molecule has 3 amide bonds. The van der Waals surface area contributed by atoms with E-state index in [0.29, 0.717) is 17.7 Å². The Kier molecular flexibility index (Phi) is 9.53. The number of amides is 3. The Balaban J connectivity index is 2.16. The minimum atomic E-state index is -4.90. The first kappa shape index (κ1) is 28.4. The van der Waals surface area contributed by atoms with E-state index < -0.39 is 54.0 Å². The van der Waals surface area contributed by atoms with Crippen LogP contribution in [-0.4, -0.2) is 71.8 Å². The zero-order valence-corrected chi connectivity index (χ0v) is 20.6. The van der Waals surface area contributed by atoms with Crippen LogP contribution >= 0.6 is 0 Å². The molecule has 0 bridgehead atoms. The number of carbonyl (C=O) groups is 3. The van der Waals surface area contributed by atoms with Gasteiger partial charge in [0.1, 0.15) is 17.8 Å². The van der Waals surface area contributed by atoms with Gasteiger partial charge in [-0.25, -0.2) is 0 Å². The molecule has 1 aliphatic rings. The fourth-order valence-corrected chi connectivity index (χ4v) is 4.04. The molecule has 2 rings (SSSR count). The van der Waals surface area contributed by atoms with Crippen molar-refractivity contribution in [2.45, 2.75) is 70.9 Å². The van der Waals surface area contributed by atoms with E-state index in [1.165, 1.54) is 25.9 Å². The quantitative estimate of drug-likeness (QED) is 0.482. The van der Waals surface area contributed by atoms with Crippen LogP contribution in [0.15, 0.2) is 24.3 Å². The van der Waals surface area contributed by atoms with Crippen LogP contribution in [0.25, 0.3) is 0 Å². The number of methoxy groups -OCH3 is 1. The Morgan fingerprint density at radius 1 is 1.06 bits per heavy atom. The molecule has 0 aromatic heterocycles. The number of carbonyl (C=O) groups excluding carboxylic acids is 3. The largest absolute Gasteiger partial charge is 0.497 e. The second-order valence-corrected chi connectivity index (χ2v) is 9.38. The highest BCUT2D eigenvalue weighted by molar-refractivity contribution is 5.98. The van der Waals surface area contributed by atoms with Crippen molar-refractivity contribution >= 4 is 17.7 Å². The Labute approximate surface area is 203 Å². The molecule has 3 N–H and O–H groups in total. The lowest BCUT2D eigenvalue weighted by molar-refractivity contribution is -0.215. The van der Waals surface area contributed by atoms with E-state index in [0.717, 1.165) is 0 Å². The van der Waals surface area contributed by atoms with Crippen molar-refractivity contribution in [2.75, 3.05) is 13.7 Å². The molecule has 1 heterocycles. The molecular formula is C24H34F3N3O5. The second-order valence-electron chi connectivity index (χ2n) is 9.38. The van der Waals surface area contributed by atoms with Gasteiger partial charge in [-0.05, 0) is 48.9 Å². The number of likely N-dealkylation sites (tertiary alicyclic amines) is 1. The maximum atomic E-state index is 13.4. The van der Waals surface area contributed by atoms with Gasteiger partial charge in [0.25, 0.3) is 5.91 Å². The average Bonchev–Trinajstić information content (AvgIpc) is 3.29. The number of nitrogens with one attached hydrogen (secondary N) is 2. The Hall–Kier alpha value is -2.82. The molecule has 2 unspecified atom stereocenters. The fraction of sp³-hybridized carbons (Fsp3) is 0.625. The molecule has 1 aliphatic heterocycles. The van der Waals surface area contributed by atoms with Crippen LogP contribution in [0.3, 0.4) is 0 Å². The van der Waals surface area contributed by atoms with Crippen LogP contribution in [0.2, 0.25) is 0 Å². The van der Waals surface area contributed by atoms with Crippen molar-refractivity contribution in [2.24, 2.45) is 11.8 Å². The number of alkyl halides is 3. The number of hydrogen-bond donors (Lipinski definition) is 3. The fourth-order valence-electron chi connectivity index (χ4n) is 4.04. The second kappa shape index (κ2) is 11.7. The van der Waals surface area contributed by atoms with Crippen molar-refractivity contribution in [1.29, 1.82) is 0 Å². The van der Waals surface area contributed by atoms with Crippen molar-refractivity contribution in [1.82, 2.24) is 15.5 Å². The first-order chi connectivity index (χ1) is 16.3. The minimum absolute atomic E-state index is 0.229. The predicted molar refractivity (Wildman–Crippen MR) is 123 cm³/mol. The lowest BCUT2D eigenvalue weighted by Crippen LogP contribution is -2.59. The van der Waals surface area contributed by atoms with Crippen LogP contribution in [0.1, 0.15) is 50.9 Å². The molecule has 0 spiro atoms. The summed E-state index contributed by atoms with van der Waals surface area (Å²) in [4.78, 5) is 40.3. The van der Waals surface area contributed by atoms with Gasteiger partial charge in [0, 0.05) is 12.1 Å². The molecule has 0 aliphatic carbocycles. The van der Waals surface area contributed by atoms with Crippen LogP contribution in [-0.2, 0) is 9.59 Å². The minimum Gasteiger partial charge on any atom is -0.497 e. The van der Waals surface area contributed by atoms with Gasteiger partial charge in [0.2, 0.25) is 11.8 Å². The van der Waals surface area contributed by atoms with Gasteiger partial charge >= 0.3 is 6.18 Å². The molecule has 11 heteroatoms. The van der Waals surface area contributed by atoms with Crippen LogP contribution < -0.4 is 15.4 Å². The number of hydrogen-bond acceptors (Lipinski definition) is 5. The highest BCUT2D eigenvalue weighted by Gasteiger charge is 2.46. The van der Waals surface area contributed by atoms with E-state index in [-0.39, 0.29) is 18.9 Å². The maximum Gasteiger partial charge on any atom is 0.416 e. The van der Waals surface area contributed by atoms with E-state index >= 15 is 0 Å². The SMILES string of the molecule is COc1ccc(C(=O)NC(C(=O)N2CCC[C@H]2C(=O)NC(C(C)C)[C@@H](O)C(F)(F)F)C(C)C)cc1. The van der Waals surface area contributed by atoms with Gasteiger partial charge in [-0.1, -0.05) is 27.7 Å². The number of rotatable bonds is 9. The summed E-state index contributed by atoms with van der Waals surface area (Å²) in [5.74, 6) is -2.18. The smallest absolute Gasteiger partial charge is 0.416 e. The molecule has 1 saturated heterocycles. The van der Waals surface area contributed by atoms with Crippen molar-refractivity contribution in [3.8, 4) is 5.75 Å². The number of nitrogens with zero attached hydrogens (tertiary/aromatic N) is 1. The summed E-state index contributed by atoms with van der Waals surface area (Å²) in [6, 6.07) is 2.84. The zero-order valence-electron chi connectivity index (χ0n) is 20.6. The summed E-state index contributed by atoms with van der Waals surface area (Å²) in [6.45, 7) is 6.64. The number of benzene rings is 1. The summed E-state index contributed by atoms with van der Waals surface area (Å²) in [5.41, 5.74) is 0.320. The third kappa shape index (κ3) is 7.09. The van der Waals surface area contributed by atoms with Gasteiger partial charge in [-0.3, -0.25) is 14.4 Å². The Morgan fingerprint density at radius 3 is 2.14 bits per heavy atom. The summed E-state index contributed by atoms with van der Waals surface area (Å²) in [7, 11) is 1.50. The first-order valence-electron chi connectivity index (χ1n) is 11.6. The van der Waals surface area contributed by atoms with Gasteiger partial charge in [-0.15, -0.1) is 0 Å². The third-order valence-electron chi connectivity index (χ3n) is 6.11. The molecule has 0 radical (unpaired) electrons. The summed E-state index contributed by atoms with van der Waals surface area (Å²) >= 11 is 0. The molecular weight excluding hydrogens is 467 g/mol. The third-order valence-corrected chi connectivity index (χ3v) is 6.11. The summed E-state index contributed by atoms with van der Waals surface area (Å²) in [5, 5.41) is 14.7. The van der Waals surface area contributed by atoms with Crippen LogP contribution in [0, 0.1) is 11.8 Å². The monoisotopic (exact) mass is 501 g/mol. The number of ether oxygens (including phenoxy) is 1. The van der Waals surface area contributed by atoms with Crippen molar-refractivity contribution in [3.63, 3.8) is 0 Å². The molecule has 0 saturated carbocycles. The normalized spacial score (nSPS) is 18.8. The summed E-state index contributed by atoms with van der Waals surface area (Å²) < 4.78 is 44.3. The molecule has 8 nitrogen and oxygen atoms in total. The lowest BCUT2D eigenvalue weighted by atomic mass is 9.97. The predicted octanol–water partition coefficient (Wildman–Crippen LogP) is 2.50. The van der Waals surface area contributed by atoms with E-state index in [4.69, 9.17) is 4.74 Å².